The molecule has 0 N–H and O–H groups in total. The van der Waals surface area contributed by atoms with Gasteiger partial charge in [-0.2, -0.15) is 0 Å². The molecule has 0 radical (unpaired) electrons. The highest BCUT2D eigenvalue weighted by Crippen LogP contribution is 2.23. The summed E-state index contributed by atoms with van der Waals surface area (Å²) >= 11 is 0. The van der Waals surface area contributed by atoms with E-state index in [1.165, 1.54) is 63.8 Å². The van der Waals surface area contributed by atoms with Crippen LogP contribution in [0.15, 0.2) is 4.52 Å². The second-order valence-corrected chi connectivity index (χ2v) is 6.43. The van der Waals surface area contributed by atoms with E-state index < -0.39 is 0 Å². The molecule has 1 aromatic rings. The lowest BCUT2D eigenvalue weighted by Crippen LogP contribution is -2.49. The predicted octanol–water partition coefficient (Wildman–Crippen LogP) is 2.74. The van der Waals surface area contributed by atoms with Crippen molar-refractivity contribution >= 4 is 0 Å². The first-order valence-electron chi connectivity index (χ1n) is 8.12. The first-order chi connectivity index (χ1) is 9.74. The second kappa shape index (κ2) is 6.27. The van der Waals surface area contributed by atoms with Crippen molar-refractivity contribution in [3.63, 3.8) is 0 Å². The van der Waals surface area contributed by atoms with Crippen molar-refractivity contribution in [2.75, 3.05) is 26.2 Å². The van der Waals surface area contributed by atoms with Crippen LogP contribution < -0.4 is 0 Å². The molecule has 0 bridgehead atoms. The van der Waals surface area contributed by atoms with Gasteiger partial charge in [-0.25, -0.2) is 0 Å². The third kappa shape index (κ3) is 3.07. The Balaban J connectivity index is 1.60. The van der Waals surface area contributed by atoms with Gasteiger partial charge in [0.2, 0.25) is 0 Å². The molecule has 0 unspecified atom stereocenters. The van der Waals surface area contributed by atoms with E-state index in [4.69, 9.17) is 4.52 Å². The van der Waals surface area contributed by atoms with E-state index in [-0.39, 0.29) is 0 Å². The molecule has 0 amide bonds. The molecular weight excluding hydrogens is 250 g/mol. The minimum absolute atomic E-state index is 0.768. The molecule has 0 spiro atoms. The molecule has 2 aliphatic rings. The van der Waals surface area contributed by atoms with Crippen LogP contribution in [0.25, 0.3) is 0 Å². The molecule has 4 nitrogen and oxygen atoms in total. The molecular formula is C16H27N3O. The van der Waals surface area contributed by atoms with E-state index in [1.54, 1.807) is 0 Å². The number of hydrogen-bond donors (Lipinski definition) is 0. The van der Waals surface area contributed by atoms with E-state index in [0.29, 0.717) is 0 Å². The lowest BCUT2D eigenvalue weighted by atomic mass is 10.00. The molecule has 2 fully saturated rings. The Morgan fingerprint density at radius 2 is 1.90 bits per heavy atom. The summed E-state index contributed by atoms with van der Waals surface area (Å²) in [7, 11) is 0. The van der Waals surface area contributed by atoms with Crippen molar-refractivity contribution in [3.05, 3.63) is 17.0 Å². The zero-order chi connectivity index (χ0) is 13.9. The number of hydrogen-bond acceptors (Lipinski definition) is 4. The summed E-state index contributed by atoms with van der Waals surface area (Å²) < 4.78 is 5.29. The molecule has 20 heavy (non-hydrogen) atoms. The number of rotatable bonds is 3. The summed E-state index contributed by atoms with van der Waals surface area (Å²) in [5.41, 5.74) is 2.35. The highest BCUT2D eigenvalue weighted by atomic mass is 16.5. The van der Waals surface area contributed by atoms with Gasteiger partial charge in [-0.1, -0.05) is 11.6 Å². The maximum Gasteiger partial charge on any atom is 0.138 e. The van der Waals surface area contributed by atoms with Gasteiger partial charge in [0.25, 0.3) is 0 Å². The lowest BCUT2D eigenvalue weighted by Gasteiger charge is -2.41. The summed E-state index contributed by atoms with van der Waals surface area (Å²) in [5, 5.41) is 4.08. The van der Waals surface area contributed by atoms with Gasteiger partial charge in [-0.05, 0) is 59.2 Å². The van der Waals surface area contributed by atoms with Gasteiger partial charge < -0.3 is 4.52 Å². The van der Waals surface area contributed by atoms with E-state index in [0.717, 1.165) is 24.0 Å². The maximum absolute atomic E-state index is 5.29. The first-order valence-corrected chi connectivity index (χ1v) is 8.12. The van der Waals surface area contributed by atoms with Crippen LogP contribution >= 0.6 is 0 Å². The number of aromatic nitrogens is 1. The fourth-order valence-corrected chi connectivity index (χ4v) is 3.71. The zero-order valence-corrected chi connectivity index (χ0v) is 12.9. The first kappa shape index (κ1) is 14.1. The Kier molecular flexibility index (Phi) is 4.41. The van der Waals surface area contributed by atoms with Gasteiger partial charge in [0.15, 0.2) is 0 Å². The van der Waals surface area contributed by atoms with Crippen LogP contribution in [0.2, 0.25) is 0 Å². The lowest BCUT2D eigenvalue weighted by molar-refractivity contribution is 0.0789. The number of piperidine rings is 2. The summed E-state index contributed by atoms with van der Waals surface area (Å²) in [6.07, 6.45) is 6.90. The molecule has 0 aliphatic carbocycles. The summed E-state index contributed by atoms with van der Waals surface area (Å²) in [5.74, 6) is 0.989. The minimum atomic E-state index is 0.768. The average Bonchev–Trinajstić information content (AvgIpc) is 2.80. The number of aryl methyl sites for hydroxylation is 2. The van der Waals surface area contributed by atoms with Gasteiger partial charge in [0, 0.05) is 24.7 Å². The molecule has 1 aromatic heterocycles. The fraction of sp³-hybridized carbons (Fsp3) is 0.812. The molecule has 2 aliphatic heterocycles. The van der Waals surface area contributed by atoms with Gasteiger partial charge in [-0.3, -0.25) is 9.80 Å². The van der Waals surface area contributed by atoms with E-state index >= 15 is 0 Å². The third-order valence-corrected chi connectivity index (χ3v) is 4.95. The SMILES string of the molecule is Cc1noc(C)c1CN1CCC[C@H](N2CCCCC2)C1. The minimum Gasteiger partial charge on any atom is -0.361 e. The Hall–Kier alpha value is -0.870. The van der Waals surface area contributed by atoms with Crippen LogP contribution in [0, 0.1) is 13.8 Å². The molecule has 4 heteroatoms. The largest absolute Gasteiger partial charge is 0.361 e. The smallest absolute Gasteiger partial charge is 0.138 e. The van der Waals surface area contributed by atoms with E-state index in [2.05, 4.69) is 21.9 Å². The Bertz CT molecular complexity index is 417. The highest BCUT2D eigenvalue weighted by Gasteiger charge is 2.27. The van der Waals surface area contributed by atoms with Crippen LogP contribution in [0.4, 0.5) is 0 Å². The third-order valence-electron chi connectivity index (χ3n) is 4.95. The van der Waals surface area contributed by atoms with Gasteiger partial charge in [0.1, 0.15) is 5.76 Å². The molecule has 0 aromatic carbocycles. The average molecular weight is 277 g/mol. The molecule has 0 saturated carbocycles. The monoisotopic (exact) mass is 277 g/mol. The predicted molar refractivity (Wildman–Crippen MR) is 79.7 cm³/mol. The summed E-state index contributed by atoms with van der Waals surface area (Å²) in [6.45, 7) is 10.1. The topological polar surface area (TPSA) is 32.5 Å². The Morgan fingerprint density at radius 3 is 2.60 bits per heavy atom. The van der Waals surface area contributed by atoms with Crippen molar-refractivity contribution in [2.24, 2.45) is 0 Å². The van der Waals surface area contributed by atoms with Crippen LogP contribution in [-0.2, 0) is 6.54 Å². The van der Waals surface area contributed by atoms with Gasteiger partial charge in [0.05, 0.1) is 5.69 Å². The van der Waals surface area contributed by atoms with Crippen molar-refractivity contribution < 1.29 is 4.52 Å². The van der Waals surface area contributed by atoms with E-state index in [9.17, 15) is 0 Å². The quantitative estimate of drug-likeness (QED) is 0.850. The van der Waals surface area contributed by atoms with Crippen LogP contribution in [0.1, 0.15) is 49.1 Å². The highest BCUT2D eigenvalue weighted by molar-refractivity contribution is 5.20. The number of nitrogens with zero attached hydrogens (tertiary/aromatic N) is 3. The van der Waals surface area contributed by atoms with Crippen molar-refractivity contribution in [1.82, 2.24) is 15.0 Å². The normalized spacial score (nSPS) is 26.0. The maximum atomic E-state index is 5.29. The van der Waals surface area contributed by atoms with Gasteiger partial charge in [-0.15, -0.1) is 0 Å². The molecule has 3 rings (SSSR count). The Morgan fingerprint density at radius 1 is 1.10 bits per heavy atom. The van der Waals surface area contributed by atoms with Crippen molar-refractivity contribution in [3.8, 4) is 0 Å². The van der Waals surface area contributed by atoms with Crippen LogP contribution in [0.5, 0.6) is 0 Å². The molecule has 2 saturated heterocycles. The molecule has 1 atom stereocenters. The molecule has 112 valence electrons. The summed E-state index contributed by atoms with van der Waals surface area (Å²) in [6, 6.07) is 0.768. The summed E-state index contributed by atoms with van der Waals surface area (Å²) in [4.78, 5) is 5.32. The zero-order valence-electron chi connectivity index (χ0n) is 12.9. The fourth-order valence-electron chi connectivity index (χ4n) is 3.71. The van der Waals surface area contributed by atoms with Crippen LogP contribution in [-0.4, -0.2) is 47.2 Å². The second-order valence-electron chi connectivity index (χ2n) is 6.43. The van der Waals surface area contributed by atoms with Crippen molar-refractivity contribution in [2.45, 2.75) is 58.5 Å². The van der Waals surface area contributed by atoms with Crippen molar-refractivity contribution in [1.29, 1.82) is 0 Å². The van der Waals surface area contributed by atoms with Crippen LogP contribution in [0.3, 0.4) is 0 Å². The van der Waals surface area contributed by atoms with E-state index in [1.807, 2.05) is 6.92 Å². The Labute approximate surface area is 122 Å². The number of likely N-dealkylation sites (tertiary alicyclic amines) is 2. The standard InChI is InChI=1S/C16H27N3O/c1-13-16(14(2)20-17-13)12-18-8-6-7-15(11-18)19-9-4-3-5-10-19/h15H,3-12H2,1-2H3/t15-/m0/s1. The van der Waals surface area contributed by atoms with Gasteiger partial charge >= 0.3 is 0 Å². The molecule has 3 heterocycles.